The number of nitrogens with zero attached hydrogens (tertiary/aromatic N) is 2. The topological polar surface area (TPSA) is 37.8 Å². The molecule has 0 aliphatic heterocycles. The summed E-state index contributed by atoms with van der Waals surface area (Å²) in [6.07, 6.45) is 6.74. The summed E-state index contributed by atoms with van der Waals surface area (Å²) in [5.74, 6) is 1.95. The van der Waals surface area contributed by atoms with Gasteiger partial charge in [0.15, 0.2) is 0 Å². The zero-order valence-electron chi connectivity index (χ0n) is 8.66. The highest BCUT2D eigenvalue weighted by Gasteiger charge is 2.20. The van der Waals surface area contributed by atoms with Gasteiger partial charge in [0.05, 0.1) is 0 Å². The van der Waals surface area contributed by atoms with Crippen LogP contribution in [0, 0.1) is 5.92 Å². The molecule has 0 bridgehead atoms. The van der Waals surface area contributed by atoms with Crippen LogP contribution in [0.1, 0.15) is 31.9 Å². The molecule has 3 nitrogen and oxygen atoms in total. The molecule has 1 aromatic rings. The van der Waals surface area contributed by atoms with Gasteiger partial charge in [-0.05, 0) is 18.8 Å². The van der Waals surface area contributed by atoms with E-state index in [1.165, 1.54) is 19.3 Å². The third kappa shape index (κ3) is 2.69. The second-order valence-corrected chi connectivity index (χ2v) is 3.91. The van der Waals surface area contributed by atoms with E-state index in [0.29, 0.717) is 0 Å². The highest BCUT2D eigenvalue weighted by Crippen LogP contribution is 2.31. The summed E-state index contributed by atoms with van der Waals surface area (Å²) in [6, 6.07) is 2.03. The quantitative estimate of drug-likeness (QED) is 0.775. The van der Waals surface area contributed by atoms with Gasteiger partial charge < -0.3 is 5.32 Å². The van der Waals surface area contributed by atoms with E-state index in [-0.39, 0.29) is 0 Å². The lowest BCUT2D eigenvalue weighted by Gasteiger charge is -2.05. The van der Waals surface area contributed by atoms with E-state index >= 15 is 0 Å². The van der Waals surface area contributed by atoms with E-state index in [0.717, 1.165) is 30.4 Å². The summed E-state index contributed by atoms with van der Waals surface area (Å²) in [5.41, 5.74) is 1.11. The van der Waals surface area contributed by atoms with Gasteiger partial charge in [0.1, 0.15) is 12.1 Å². The van der Waals surface area contributed by atoms with Gasteiger partial charge in [-0.3, -0.25) is 0 Å². The minimum Gasteiger partial charge on any atom is -0.370 e. The first-order valence-corrected chi connectivity index (χ1v) is 5.43. The van der Waals surface area contributed by atoms with Crippen LogP contribution in [0.15, 0.2) is 12.4 Å². The molecule has 3 heteroatoms. The Kier molecular flexibility index (Phi) is 2.96. The number of aryl methyl sites for hydroxylation is 1. The van der Waals surface area contributed by atoms with Crippen molar-refractivity contribution in [2.24, 2.45) is 5.92 Å². The van der Waals surface area contributed by atoms with Crippen molar-refractivity contribution in [2.75, 3.05) is 11.9 Å². The Balaban J connectivity index is 1.81. The first-order chi connectivity index (χ1) is 6.88. The molecule has 0 spiro atoms. The average molecular weight is 191 g/mol. The normalized spacial score (nSPS) is 15.5. The summed E-state index contributed by atoms with van der Waals surface area (Å²) < 4.78 is 0. The predicted molar refractivity (Wildman–Crippen MR) is 57.2 cm³/mol. The van der Waals surface area contributed by atoms with Crippen molar-refractivity contribution in [3.05, 3.63) is 18.1 Å². The smallest absolute Gasteiger partial charge is 0.129 e. The minimum absolute atomic E-state index is 0.970. The molecule has 0 saturated heterocycles. The first kappa shape index (κ1) is 9.44. The summed E-state index contributed by atoms with van der Waals surface area (Å²) >= 11 is 0. The van der Waals surface area contributed by atoms with Crippen molar-refractivity contribution >= 4 is 5.82 Å². The van der Waals surface area contributed by atoms with E-state index < -0.39 is 0 Å². The Labute approximate surface area is 85.0 Å². The van der Waals surface area contributed by atoms with E-state index in [9.17, 15) is 0 Å². The fraction of sp³-hybridized carbons (Fsp3) is 0.636. The predicted octanol–water partition coefficient (Wildman–Crippen LogP) is 2.25. The summed E-state index contributed by atoms with van der Waals surface area (Å²) in [5, 5.41) is 3.34. The number of hydrogen-bond acceptors (Lipinski definition) is 3. The van der Waals surface area contributed by atoms with Gasteiger partial charge in [-0.2, -0.15) is 0 Å². The van der Waals surface area contributed by atoms with Crippen molar-refractivity contribution < 1.29 is 0 Å². The van der Waals surface area contributed by atoms with Crippen LogP contribution in [0.4, 0.5) is 5.82 Å². The van der Waals surface area contributed by atoms with Crippen molar-refractivity contribution in [1.82, 2.24) is 9.97 Å². The van der Waals surface area contributed by atoms with Gasteiger partial charge in [0.2, 0.25) is 0 Å². The Bertz CT molecular complexity index is 294. The number of anilines is 1. The molecule has 0 radical (unpaired) electrons. The second-order valence-electron chi connectivity index (χ2n) is 3.91. The van der Waals surface area contributed by atoms with E-state index in [4.69, 9.17) is 0 Å². The Morgan fingerprint density at radius 3 is 3.00 bits per heavy atom. The van der Waals surface area contributed by atoms with Gasteiger partial charge >= 0.3 is 0 Å². The van der Waals surface area contributed by atoms with Crippen LogP contribution in [0.3, 0.4) is 0 Å². The van der Waals surface area contributed by atoms with Crippen molar-refractivity contribution in [3.63, 3.8) is 0 Å². The van der Waals surface area contributed by atoms with Crippen molar-refractivity contribution in [2.45, 2.75) is 32.6 Å². The second kappa shape index (κ2) is 4.40. The molecule has 1 aliphatic rings. The standard InChI is InChI=1S/C11H17N3/c1-2-10-7-11(14-8-13-10)12-6-5-9-3-4-9/h7-9H,2-6H2,1H3,(H,12,13,14). The SMILES string of the molecule is CCc1cc(NCCC2CC2)ncn1. The molecule has 1 heterocycles. The molecule has 0 unspecified atom stereocenters. The molecule has 1 aliphatic carbocycles. The molecule has 76 valence electrons. The van der Waals surface area contributed by atoms with Crippen LogP contribution in [0.2, 0.25) is 0 Å². The van der Waals surface area contributed by atoms with Gasteiger partial charge in [0.25, 0.3) is 0 Å². The van der Waals surface area contributed by atoms with E-state index in [2.05, 4.69) is 22.2 Å². The number of hydrogen-bond donors (Lipinski definition) is 1. The molecule has 0 amide bonds. The molecule has 1 saturated carbocycles. The molecule has 1 N–H and O–H groups in total. The monoisotopic (exact) mass is 191 g/mol. The summed E-state index contributed by atoms with van der Waals surface area (Å²) in [7, 11) is 0. The Morgan fingerprint density at radius 1 is 1.43 bits per heavy atom. The number of nitrogens with one attached hydrogen (secondary N) is 1. The first-order valence-electron chi connectivity index (χ1n) is 5.43. The Morgan fingerprint density at radius 2 is 2.29 bits per heavy atom. The molecular weight excluding hydrogens is 174 g/mol. The maximum absolute atomic E-state index is 4.18. The van der Waals surface area contributed by atoms with Crippen LogP contribution >= 0.6 is 0 Å². The minimum atomic E-state index is 0.970. The van der Waals surface area contributed by atoms with Gasteiger partial charge in [-0.15, -0.1) is 0 Å². The summed E-state index contributed by atoms with van der Waals surface area (Å²) in [6.45, 7) is 3.15. The fourth-order valence-corrected chi connectivity index (χ4v) is 1.50. The Hall–Kier alpha value is -1.12. The van der Waals surface area contributed by atoms with Crippen LogP contribution in [-0.2, 0) is 6.42 Å². The lowest BCUT2D eigenvalue weighted by Crippen LogP contribution is -2.04. The number of aromatic nitrogens is 2. The molecule has 0 aromatic carbocycles. The third-order valence-electron chi connectivity index (χ3n) is 2.64. The zero-order valence-corrected chi connectivity index (χ0v) is 8.66. The highest BCUT2D eigenvalue weighted by atomic mass is 15.0. The van der Waals surface area contributed by atoms with Gasteiger partial charge in [-0.25, -0.2) is 9.97 Å². The van der Waals surface area contributed by atoms with Crippen molar-refractivity contribution in [3.8, 4) is 0 Å². The molecule has 1 aromatic heterocycles. The van der Waals surface area contributed by atoms with Crippen molar-refractivity contribution in [1.29, 1.82) is 0 Å². The molecule has 1 fully saturated rings. The van der Waals surface area contributed by atoms with E-state index in [1.54, 1.807) is 6.33 Å². The van der Waals surface area contributed by atoms with Gasteiger partial charge in [0, 0.05) is 18.3 Å². The molecule has 2 rings (SSSR count). The molecule has 0 atom stereocenters. The third-order valence-corrected chi connectivity index (χ3v) is 2.64. The maximum atomic E-state index is 4.18. The van der Waals surface area contributed by atoms with Crippen LogP contribution in [0.25, 0.3) is 0 Å². The van der Waals surface area contributed by atoms with Crippen LogP contribution < -0.4 is 5.32 Å². The summed E-state index contributed by atoms with van der Waals surface area (Å²) in [4.78, 5) is 8.34. The zero-order chi connectivity index (χ0) is 9.80. The average Bonchev–Trinajstić information content (AvgIpc) is 3.02. The molecule has 14 heavy (non-hydrogen) atoms. The van der Waals surface area contributed by atoms with Crippen LogP contribution in [-0.4, -0.2) is 16.5 Å². The van der Waals surface area contributed by atoms with E-state index in [1.807, 2.05) is 6.07 Å². The fourth-order valence-electron chi connectivity index (χ4n) is 1.50. The number of rotatable bonds is 5. The largest absolute Gasteiger partial charge is 0.370 e. The maximum Gasteiger partial charge on any atom is 0.129 e. The highest BCUT2D eigenvalue weighted by molar-refractivity contribution is 5.34. The lowest BCUT2D eigenvalue weighted by molar-refractivity contribution is 0.757. The van der Waals surface area contributed by atoms with Crippen LogP contribution in [0.5, 0.6) is 0 Å². The van der Waals surface area contributed by atoms with Gasteiger partial charge in [-0.1, -0.05) is 19.8 Å². The lowest BCUT2D eigenvalue weighted by atomic mass is 10.3. The molecular formula is C11H17N3.